The summed E-state index contributed by atoms with van der Waals surface area (Å²) in [5.74, 6) is -0.127. The van der Waals surface area contributed by atoms with Gasteiger partial charge in [-0.1, -0.05) is 24.6 Å². The third kappa shape index (κ3) is 4.38. The van der Waals surface area contributed by atoms with E-state index in [0.29, 0.717) is 30.2 Å². The van der Waals surface area contributed by atoms with Gasteiger partial charge >= 0.3 is 0 Å². The Labute approximate surface area is 143 Å². The van der Waals surface area contributed by atoms with E-state index in [-0.39, 0.29) is 5.91 Å². The molecule has 0 radical (unpaired) electrons. The minimum Gasteiger partial charge on any atom is -0.341 e. The summed E-state index contributed by atoms with van der Waals surface area (Å²) in [5.41, 5.74) is 0.428. The smallest absolute Gasteiger partial charge is 0.246 e. The molecular formula is C16H23ClN2O3S. The van der Waals surface area contributed by atoms with E-state index in [1.54, 1.807) is 29.2 Å². The first-order chi connectivity index (χ1) is 10.8. The molecule has 0 N–H and O–H groups in total. The van der Waals surface area contributed by atoms with E-state index >= 15 is 0 Å². The normalized spacial score (nSPS) is 16.9. The second-order valence-electron chi connectivity index (χ2n) is 5.85. The summed E-state index contributed by atoms with van der Waals surface area (Å²) in [6, 6.07) is 5.88. The molecule has 7 heteroatoms. The summed E-state index contributed by atoms with van der Waals surface area (Å²) in [6.07, 6.45) is 4.59. The number of hydrogen-bond donors (Lipinski definition) is 0. The first-order valence-corrected chi connectivity index (χ1v) is 10.1. The van der Waals surface area contributed by atoms with Gasteiger partial charge in [-0.25, -0.2) is 8.42 Å². The van der Waals surface area contributed by atoms with Gasteiger partial charge in [0.2, 0.25) is 15.9 Å². The van der Waals surface area contributed by atoms with E-state index in [1.165, 1.54) is 4.31 Å². The predicted octanol–water partition coefficient (Wildman–Crippen LogP) is 2.90. The van der Waals surface area contributed by atoms with Crippen LogP contribution in [0.1, 0.15) is 32.6 Å². The highest BCUT2D eigenvalue weighted by Gasteiger charge is 2.34. The molecule has 1 amide bonds. The number of anilines is 1. The van der Waals surface area contributed by atoms with E-state index in [2.05, 4.69) is 0 Å². The monoisotopic (exact) mass is 358 g/mol. The number of carbonyl (C=O) groups excluding carboxylic acids is 1. The van der Waals surface area contributed by atoms with Crippen molar-refractivity contribution in [3.05, 3.63) is 29.3 Å². The van der Waals surface area contributed by atoms with Gasteiger partial charge in [-0.3, -0.25) is 9.10 Å². The lowest BCUT2D eigenvalue weighted by Crippen LogP contribution is -2.51. The molecule has 2 rings (SSSR count). The summed E-state index contributed by atoms with van der Waals surface area (Å²) in [6.45, 7) is 3.22. The van der Waals surface area contributed by atoms with Crippen molar-refractivity contribution in [2.24, 2.45) is 0 Å². The van der Waals surface area contributed by atoms with Gasteiger partial charge in [-0.05, 0) is 43.9 Å². The molecule has 1 aromatic carbocycles. The van der Waals surface area contributed by atoms with E-state index in [4.69, 9.17) is 11.6 Å². The quantitative estimate of drug-likeness (QED) is 0.813. The first kappa shape index (κ1) is 18.1. The molecule has 1 aliphatic heterocycles. The Balaban J connectivity index is 2.38. The fourth-order valence-electron chi connectivity index (χ4n) is 2.98. The van der Waals surface area contributed by atoms with Gasteiger partial charge < -0.3 is 4.90 Å². The van der Waals surface area contributed by atoms with Crippen LogP contribution in [0.5, 0.6) is 0 Å². The summed E-state index contributed by atoms with van der Waals surface area (Å²) in [7, 11) is -3.60. The van der Waals surface area contributed by atoms with Crippen LogP contribution in [-0.4, -0.2) is 44.6 Å². The Hall–Kier alpha value is -1.27. The van der Waals surface area contributed by atoms with E-state index in [9.17, 15) is 13.2 Å². The van der Waals surface area contributed by atoms with Crippen LogP contribution in [0.2, 0.25) is 5.02 Å². The van der Waals surface area contributed by atoms with Gasteiger partial charge in [0, 0.05) is 18.1 Å². The van der Waals surface area contributed by atoms with Crippen molar-refractivity contribution in [2.45, 2.75) is 38.6 Å². The van der Waals surface area contributed by atoms with E-state index in [0.717, 1.165) is 25.5 Å². The number of piperidine rings is 1. The van der Waals surface area contributed by atoms with Crippen molar-refractivity contribution in [1.29, 1.82) is 0 Å². The minimum absolute atomic E-state index is 0.127. The molecular weight excluding hydrogens is 336 g/mol. The SMILES string of the molecule is CCC(C(=O)N1CCCCC1)N(c1cccc(Cl)c1)S(C)(=O)=O. The molecule has 128 valence electrons. The van der Waals surface area contributed by atoms with Gasteiger partial charge in [0.25, 0.3) is 0 Å². The molecule has 5 nitrogen and oxygen atoms in total. The van der Waals surface area contributed by atoms with Gasteiger partial charge in [0.15, 0.2) is 0 Å². The molecule has 1 fully saturated rings. The van der Waals surface area contributed by atoms with Crippen molar-refractivity contribution in [2.75, 3.05) is 23.7 Å². The van der Waals surface area contributed by atoms with Crippen LogP contribution in [0.25, 0.3) is 0 Å². The maximum atomic E-state index is 12.9. The van der Waals surface area contributed by atoms with Crippen molar-refractivity contribution in [3.8, 4) is 0 Å². The highest BCUT2D eigenvalue weighted by Crippen LogP contribution is 2.26. The first-order valence-electron chi connectivity index (χ1n) is 7.88. The third-order valence-corrected chi connectivity index (χ3v) is 5.46. The number of carbonyl (C=O) groups is 1. The zero-order valence-electron chi connectivity index (χ0n) is 13.5. The Morgan fingerprint density at radius 2 is 1.96 bits per heavy atom. The summed E-state index contributed by atoms with van der Waals surface area (Å²) < 4.78 is 25.9. The third-order valence-electron chi connectivity index (χ3n) is 4.04. The predicted molar refractivity (Wildman–Crippen MR) is 93.3 cm³/mol. The summed E-state index contributed by atoms with van der Waals surface area (Å²) in [5, 5.41) is 0.441. The number of nitrogens with zero attached hydrogens (tertiary/aromatic N) is 2. The lowest BCUT2D eigenvalue weighted by Gasteiger charge is -2.35. The highest BCUT2D eigenvalue weighted by atomic mass is 35.5. The Morgan fingerprint density at radius 1 is 1.30 bits per heavy atom. The molecule has 0 aliphatic carbocycles. The molecule has 1 unspecified atom stereocenters. The molecule has 1 aromatic rings. The van der Waals surface area contributed by atoms with Crippen molar-refractivity contribution < 1.29 is 13.2 Å². The minimum atomic E-state index is -3.60. The fourth-order valence-corrected chi connectivity index (χ4v) is 4.36. The second-order valence-corrected chi connectivity index (χ2v) is 8.14. The number of rotatable bonds is 5. The average Bonchev–Trinajstić information content (AvgIpc) is 2.51. The van der Waals surface area contributed by atoms with E-state index < -0.39 is 16.1 Å². The average molecular weight is 359 g/mol. The Kier molecular flexibility index (Phi) is 5.92. The maximum Gasteiger partial charge on any atom is 0.246 e. The van der Waals surface area contributed by atoms with Crippen LogP contribution in [-0.2, 0) is 14.8 Å². The molecule has 1 saturated heterocycles. The molecule has 1 atom stereocenters. The molecule has 0 aromatic heterocycles. The number of hydrogen-bond acceptors (Lipinski definition) is 3. The number of likely N-dealkylation sites (tertiary alicyclic amines) is 1. The molecule has 1 heterocycles. The maximum absolute atomic E-state index is 12.9. The lowest BCUT2D eigenvalue weighted by molar-refractivity contribution is -0.133. The number of amides is 1. The number of halogens is 1. The van der Waals surface area contributed by atoms with Gasteiger partial charge in [0.1, 0.15) is 6.04 Å². The van der Waals surface area contributed by atoms with Crippen LogP contribution < -0.4 is 4.31 Å². The molecule has 0 saturated carbocycles. The van der Waals surface area contributed by atoms with Crippen LogP contribution in [0.15, 0.2) is 24.3 Å². The van der Waals surface area contributed by atoms with Gasteiger partial charge in [-0.15, -0.1) is 0 Å². The summed E-state index contributed by atoms with van der Waals surface area (Å²) >= 11 is 6.00. The number of sulfonamides is 1. The molecule has 1 aliphatic rings. The van der Waals surface area contributed by atoms with Crippen LogP contribution in [0, 0.1) is 0 Å². The van der Waals surface area contributed by atoms with Crippen molar-refractivity contribution >= 4 is 33.2 Å². The zero-order valence-corrected chi connectivity index (χ0v) is 15.1. The van der Waals surface area contributed by atoms with Gasteiger partial charge in [0.05, 0.1) is 11.9 Å². The van der Waals surface area contributed by atoms with Gasteiger partial charge in [-0.2, -0.15) is 0 Å². The van der Waals surface area contributed by atoms with Crippen molar-refractivity contribution in [3.63, 3.8) is 0 Å². The van der Waals surface area contributed by atoms with Crippen LogP contribution in [0.3, 0.4) is 0 Å². The largest absolute Gasteiger partial charge is 0.341 e. The lowest BCUT2D eigenvalue weighted by atomic mass is 10.1. The van der Waals surface area contributed by atoms with Crippen molar-refractivity contribution in [1.82, 2.24) is 4.90 Å². The Morgan fingerprint density at radius 3 is 2.48 bits per heavy atom. The summed E-state index contributed by atoms with van der Waals surface area (Å²) in [4.78, 5) is 14.6. The van der Waals surface area contributed by atoms with E-state index in [1.807, 2.05) is 6.92 Å². The molecule has 23 heavy (non-hydrogen) atoms. The zero-order chi connectivity index (χ0) is 17.0. The highest BCUT2D eigenvalue weighted by molar-refractivity contribution is 7.92. The fraction of sp³-hybridized carbons (Fsp3) is 0.562. The molecule has 0 spiro atoms. The molecule has 0 bridgehead atoms. The Bertz CT molecular complexity index is 657. The van der Waals surface area contributed by atoms with Crippen LogP contribution in [0.4, 0.5) is 5.69 Å². The second kappa shape index (κ2) is 7.53. The topological polar surface area (TPSA) is 57.7 Å². The standard InChI is InChI=1S/C16H23ClN2O3S/c1-3-15(16(20)18-10-5-4-6-11-18)19(23(2,21)22)14-9-7-8-13(17)12-14/h7-9,12,15H,3-6,10-11H2,1-2H3. The van der Waals surface area contributed by atoms with Crippen LogP contribution >= 0.6 is 11.6 Å². The number of benzene rings is 1.